The van der Waals surface area contributed by atoms with Crippen LogP contribution in [0.5, 0.6) is 17.2 Å². The van der Waals surface area contributed by atoms with Crippen LogP contribution in [0.3, 0.4) is 0 Å². The number of carbonyl (C=O) groups excluding carboxylic acids is 2. The van der Waals surface area contributed by atoms with Gasteiger partial charge in [0.2, 0.25) is 5.75 Å². The van der Waals surface area contributed by atoms with Crippen molar-refractivity contribution in [2.24, 2.45) is 0 Å². The second kappa shape index (κ2) is 7.37. The first-order valence-corrected chi connectivity index (χ1v) is 6.05. The number of hydrogen-bond acceptors (Lipinski definition) is 6. The minimum Gasteiger partial charge on any atom is -0.493 e. The van der Waals surface area contributed by atoms with Crippen molar-refractivity contribution in [3.05, 3.63) is 17.7 Å². The van der Waals surface area contributed by atoms with Crippen molar-refractivity contribution in [1.29, 1.82) is 0 Å². The third-order valence-corrected chi connectivity index (χ3v) is 2.32. The molecule has 0 saturated heterocycles. The molecule has 0 bridgehead atoms. The van der Waals surface area contributed by atoms with Crippen LogP contribution in [0.2, 0.25) is 0 Å². The topological polar surface area (TPSA) is 71.1 Å². The molecule has 0 fully saturated rings. The van der Waals surface area contributed by atoms with Gasteiger partial charge in [-0.15, -0.1) is 0 Å². The average molecular weight is 282 g/mol. The minimum atomic E-state index is -0.497. The van der Waals surface area contributed by atoms with Crippen LogP contribution < -0.4 is 14.2 Å². The fourth-order valence-corrected chi connectivity index (χ4v) is 1.54. The van der Waals surface area contributed by atoms with Gasteiger partial charge in [-0.3, -0.25) is 4.79 Å². The van der Waals surface area contributed by atoms with E-state index in [1.165, 1.54) is 26.4 Å². The minimum absolute atomic E-state index is 0.215. The average Bonchev–Trinajstić information content (AvgIpc) is 2.43. The van der Waals surface area contributed by atoms with Crippen molar-refractivity contribution in [1.82, 2.24) is 0 Å². The summed E-state index contributed by atoms with van der Waals surface area (Å²) in [5.74, 6) is 0.373. The molecule has 1 rings (SSSR count). The normalized spacial score (nSPS) is 10.1. The van der Waals surface area contributed by atoms with Crippen LogP contribution in [0.1, 0.15) is 24.2 Å². The number of carbonyl (C=O) groups is 2. The summed E-state index contributed by atoms with van der Waals surface area (Å²) in [5, 5.41) is 0. The Morgan fingerprint density at radius 1 is 1.20 bits per heavy atom. The lowest BCUT2D eigenvalue weighted by Crippen LogP contribution is -2.19. The predicted octanol–water partition coefficient (Wildman–Crippen LogP) is 1.85. The molecule has 0 spiro atoms. The van der Waals surface area contributed by atoms with E-state index in [2.05, 4.69) is 0 Å². The van der Waals surface area contributed by atoms with Gasteiger partial charge in [-0.2, -0.15) is 0 Å². The molecule has 0 aromatic heterocycles. The third kappa shape index (κ3) is 4.15. The van der Waals surface area contributed by atoms with Gasteiger partial charge < -0.3 is 18.9 Å². The highest BCUT2D eigenvalue weighted by Crippen LogP contribution is 2.38. The molecule has 0 amide bonds. The van der Waals surface area contributed by atoms with Gasteiger partial charge in [0, 0.05) is 5.56 Å². The number of esters is 1. The lowest BCUT2D eigenvalue weighted by atomic mass is 10.2. The SMILES string of the molecule is COc1cc(C=O)cc(OC)c1OCC(=O)OC(C)C. The Bertz CT molecular complexity index is 456. The molecule has 0 atom stereocenters. The van der Waals surface area contributed by atoms with Gasteiger partial charge in [-0.05, 0) is 26.0 Å². The van der Waals surface area contributed by atoms with Gasteiger partial charge in [0.1, 0.15) is 6.29 Å². The Balaban J connectivity index is 2.92. The van der Waals surface area contributed by atoms with Crippen LogP contribution in [0.15, 0.2) is 12.1 Å². The van der Waals surface area contributed by atoms with E-state index in [-0.39, 0.29) is 18.5 Å². The second-order valence-corrected chi connectivity index (χ2v) is 4.20. The summed E-state index contributed by atoms with van der Waals surface area (Å²) in [7, 11) is 2.87. The zero-order valence-electron chi connectivity index (χ0n) is 12.0. The van der Waals surface area contributed by atoms with Crippen molar-refractivity contribution in [2.45, 2.75) is 20.0 Å². The number of aldehydes is 1. The molecule has 0 N–H and O–H groups in total. The summed E-state index contributed by atoms with van der Waals surface area (Å²) in [6.07, 6.45) is 0.453. The molecule has 0 radical (unpaired) electrons. The highest BCUT2D eigenvalue weighted by molar-refractivity contribution is 5.78. The van der Waals surface area contributed by atoms with Crippen LogP contribution in [0.4, 0.5) is 0 Å². The highest BCUT2D eigenvalue weighted by Gasteiger charge is 2.16. The van der Waals surface area contributed by atoms with Crippen molar-refractivity contribution in [3.63, 3.8) is 0 Å². The van der Waals surface area contributed by atoms with E-state index in [0.717, 1.165) is 0 Å². The Kier molecular flexibility index (Phi) is 5.83. The predicted molar refractivity (Wildman–Crippen MR) is 71.7 cm³/mol. The number of methoxy groups -OCH3 is 2. The van der Waals surface area contributed by atoms with Gasteiger partial charge in [0.25, 0.3) is 0 Å². The standard InChI is InChI=1S/C14H18O6/c1-9(2)20-13(16)8-19-14-11(17-3)5-10(7-15)6-12(14)18-4/h5-7,9H,8H2,1-4H3. The van der Waals surface area contributed by atoms with E-state index in [1.807, 2.05) is 0 Å². The molecule has 1 aromatic carbocycles. The van der Waals surface area contributed by atoms with Crippen LogP contribution >= 0.6 is 0 Å². The molecule has 110 valence electrons. The molecule has 0 aliphatic carbocycles. The lowest BCUT2D eigenvalue weighted by Gasteiger charge is -2.15. The summed E-state index contributed by atoms with van der Waals surface area (Å²) >= 11 is 0. The number of rotatable bonds is 7. The van der Waals surface area contributed by atoms with Crippen molar-refractivity contribution >= 4 is 12.3 Å². The Labute approximate surface area is 117 Å². The fraction of sp³-hybridized carbons (Fsp3) is 0.429. The molecular weight excluding hydrogens is 264 g/mol. The molecule has 6 nitrogen and oxygen atoms in total. The number of benzene rings is 1. The fourth-order valence-electron chi connectivity index (χ4n) is 1.54. The summed E-state index contributed by atoms with van der Waals surface area (Å²) in [6.45, 7) is 3.22. The lowest BCUT2D eigenvalue weighted by molar-refractivity contribution is -0.149. The maximum Gasteiger partial charge on any atom is 0.344 e. The summed E-state index contributed by atoms with van der Waals surface area (Å²) in [6, 6.07) is 3.00. The Hall–Kier alpha value is -2.24. The maximum atomic E-state index is 11.5. The number of hydrogen-bond donors (Lipinski definition) is 0. The zero-order valence-corrected chi connectivity index (χ0v) is 12.0. The maximum absolute atomic E-state index is 11.5. The first-order valence-electron chi connectivity index (χ1n) is 6.05. The molecule has 6 heteroatoms. The third-order valence-electron chi connectivity index (χ3n) is 2.32. The van der Waals surface area contributed by atoms with E-state index >= 15 is 0 Å². The molecule has 20 heavy (non-hydrogen) atoms. The van der Waals surface area contributed by atoms with E-state index in [1.54, 1.807) is 13.8 Å². The smallest absolute Gasteiger partial charge is 0.344 e. The molecular formula is C14H18O6. The van der Waals surface area contributed by atoms with E-state index < -0.39 is 5.97 Å². The molecule has 0 saturated carbocycles. The van der Waals surface area contributed by atoms with Crippen LogP contribution in [-0.2, 0) is 9.53 Å². The summed E-state index contributed by atoms with van der Waals surface area (Å²) in [5.41, 5.74) is 0.385. The van der Waals surface area contributed by atoms with Crippen LogP contribution in [0.25, 0.3) is 0 Å². The van der Waals surface area contributed by atoms with Gasteiger partial charge in [0.05, 0.1) is 20.3 Å². The monoisotopic (exact) mass is 282 g/mol. The second-order valence-electron chi connectivity index (χ2n) is 4.20. The largest absolute Gasteiger partial charge is 0.493 e. The van der Waals surface area contributed by atoms with Gasteiger partial charge in [-0.1, -0.05) is 0 Å². The molecule has 0 aliphatic rings. The van der Waals surface area contributed by atoms with Crippen molar-refractivity contribution in [3.8, 4) is 17.2 Å². The van der Waals surface area contributed by atoms with E-state index in [0.29, 0.717) is 23.3 Å². The van der Waals surface area contributed by atoms with Crippen molar-refractivity contribution < 1.29 is 28.5 Å². The summed E-state index contributed by atoms with van der Waals surface area (Å²) < 4.78 is 20.6. The van der Waals surface area contributed by atoms with Gasteiger partial charge >= 0.3 is 5.97 Å². The first-order chi connectivity index (χ1) is 9.51. The quantitative estimate of drug-likeness (QED) is 0.561. The highest BCUT2D eigenvalue weighted by atomic mass is 16.6. The molecule has 0 aliphatic heterocycles. The van der Waals surface area contributed by atoms with E-state index in [4.69, 9.17) is 18.9 Å². The van der Waals surface area contributed by atoms with Gasteiger partial charge in [-0.25, -0.2) is 4.79 Å². The van der Waals surface area contributed by atoms with Crippen molar-refractivity contribution in [2.75, 3.05) is 20.8 Å². The summed E-state index contributed by atoms with van der Waals surface area (Å²) in [4.78, 5) is 22.3. The van der Waals surface area contributed by atoms with Crippen LogP contribution in [-0.4, -0.2) is 39.2 Å². The molecule has 0 unspecified atom stereocenters. The molecule has 0 heterocycles. The number of ether oxygens (including phenoxy) is 4. The Morgan fingerprint density at radius 3 is 2.15 bits per heavy atom. The van der Waals surface area contributed by atoms with Gasteiger partial charge in [0.15, 0.2) is 18.1 Å². The zero-order chi connectivity index (χ0) is 15.1. The Morgan fingerprint density at radius 2 is 1.75 bits per heavy atom. The van der Waals surface area contributed by atoms with Crippen LogP contribution in [0, 0.1) is 0 Å². The van der Waals surface area contributed by atoms with E-state index in [9.17, 15) is 9.59 Å². The first kappa shape index (κ1) is 15.8. The molecule has 1 aromatic rings.